The van der Waals surface area contributed by atoms with Crippen molar-refractivity contribution in [3.63, 3.8) is 0 Å². The van der Waals surface area contributed by atoms with Gasteiger partial charge in [-0.2, -0.15) is 23.5 Å². The maximum Gasteiger partial charge on any atom is 0.139 e. The van der Waals surface area contributed by atoms with Crippen LogP contribution in [0.5, 0.6) is 0 Å². The maximum atomic E-state index is 10.2. The molecular formula is C10H20O2S2Ti. The summed E-state index contributed by atoms with van der Waals surface area (Å²) in [5, 5.41) is 0. The number of carbonyl (C=O) groups excluding carboxylic acids is 2. The fourth-order valence-corrected chi connectivity index (χ4v) is 1.47. The molecule has 0 saturated heterocycles. The fraction of sp³-hybridized carbons (Fsp3) is 0.800. The predicted octanol–water partition coefficient (Wildman–Crippen LogP) is 2.65. The summed E-state index contributed by atoms with van der Waals surface area (Å²) in [4.78, 5) is 20.4. The first-order valence-electron chi connectivity index (χ1n) is 4.68. The number of thioether (sulfide) groups is 2. The molecule has 0 N–H and O–H groups in total. The molecular weight excluding hydrogens is 264 g/mol. The van der Waals surface area contributed by atoms with Gasteiger partial charge in [-0.25, -0.2) is 0 Å². The van der Waals surface area contributed by atoms with E-state index in [1.165, 1.54) is 0 Å². The number of hydrogen-bond acceptors (Lipinski definition) is 4. The molecule has 0 heterocycles. The van der Waals surface area contributed by atoms with Gasteiger partial charge in [-0.3, -0.25) is 9.59 Å². The van der Waals surface area contributed by atoms with E-state index in [2.05, 4.69) is 0 Å². The van der Waals surface area contributed by atoms with Crippen molar-refractivity contribution in [2.45, 2.75) is 27.7 Å². The molecule has 0 radical (unpaired) electrons. The zero-order valence-corrected chi connectivity index (χ0v) is 13.2. The minimum absolute atomic E-state index is 0. The van der Waals surface area contributed by atoms with Gasteiger partial charge in [0.2, 0.25) is 0 Å². The minimum atomic E-state index is 0. The second-order valence-corrected chi connectivity index (χ2v) is 5.23. The Morgan fingerprint density at radius 2 is 1.13 bits per heavy atom. The summed E-state index contributed by atoms with van der Waals surface area (Å²) in [6.07, 6.45) is 0. The summed E-state index contributed by atoms with van der Waals surface area (Å²) in [5.74, 6) is 3.98. The molecule has 88 valence electrons. The third-order valence-electron chi connectivity index (χ3n) is 1.02. The van der Waals surface area contributed by atoms with Crippen LogP contribution in [0.4, 0.5) is 0 Å². The Hall–Kier alpha value is 0.754. The molecule has 5 heteroatoms. The van der Waals surface area contributed by atoms with Crippen molar-refractivity contribution in [1.29, 1.82) is 0 Å². The van der Waals surface area contributed by atoms with Crippen LogP contribution in [0.2, 0.25) is 0 Å². The molecule has 0 aromatic carbocycles. The van der Waals surface area contributed by atoms with Crippen LogP contribution >= 0.6 is 23.5 Å². The smallest absolute Gasteiger partial charge is 0.139 e. The van der Waals surface area contributed by atoms with Gasteiger partial charge in [0.05, 0.1) is 11.5 Å². The van der Waals surface area contributed by atoms with E-state index in [0.29, 0.717) is 11.5 Å². The van der Waals surface area contributed by atoms with E-state index in [-0.39, 0.29) is 33.3 Å². The van der Waals surface area contributed by atoms with Crippen molar-refractivity contribution < 1.29 is 31.3 Å². The Morgan fingerprint density at radius 1 is 0.867 bits per heavy atom. The molecule has 0 aliphatic carbocycles. The van der Waals surface area contributed by atoms with Crippen LogP contribution in [-0.4, -0.2) is 34.6 Å². The first-order valence-corrected chi connectivity index (χ1v) is 6.99. The summed E-state index contributed by atoms with van der Waals surface area (Å²) >= 11 is 3.33. The van der Waals surface area contributed by atoms with Gasteiger partial charge < -0.3 is 0 Å². The van der Waals surface area contributed by atoms with Crippen LogP contribution in [0, 0.1) is 0 Å². The number of Topliss-reactive ketones (excluding diaryl/α,β-unsaturated/α-hetero) is 2. The Kier molecular flexibility index (Phi) is 24.1. The van der Waals surface area contributed by atoms with Crippen LogP contribution in [0.25, 0.3) is 0 Å². The van der Waals surface area contributed by atoms with Crippen molar-refractivity contribution in [3.05, 3.63) is 0 Å². The van der Waals surface area contributed by atoms with E-state index in [0.717, 1.165) is 11.5 Å². The van der Waals surface area contributed by atoms with E-state index in [4.69, 9.17) is 0 Å². The quantitative estimate of drug-likeness (QED) is 0.702. The molecule has 2 nitrogen and oxygen atoms in total. The molecule has 0 aromatic rings. The Morgan fingerprint density at radius 3 is 1.20 bits per heavy atom. The average molecular weight is 284 g/mol. The van der Waals surface area contributed by atoms with Gasteiger partial charge >= 0.3 is 0 Å². The third-order valence-corrected chi connectivity index (χ3v) is 3.06. The Bertz CT molecular complexity index is 146. The molecule has 0 atom stereocenters. The van der Waals surface area contributed by atoms with Gasteiger partial charge in [-0.1, -0.05) is 13.8 Å². The third kappa shape index (κ3) is 31.3. The summed E-state index contributed by atoms with van der Waals surface area (Å²) in [5.41, 5.74) is 0. The van der Waals surface area contributed by atoms with Gasteiger partial charge in [0, 0.05) is 21.7 Å². The Balaban J connectivity index is -0.000000180. The summed E-state index contributed by atoms with van der Waals surface area (Å²) in [7, 11) is 0. The van der Waals surface area contributed by atoms with Gasteiger partial charge in [-0.15, -0.1) is 0 Å². The van der Waals surface area contributed by atoms with Gasteiger partial charge in [0.15, 0.2) is 0 Å². The van der Waals surface area contributed by atoms with Crippen molar-refractivity contribution in [1.82, 2.24) is 0 Å². The first-order chi connectivity index (χ1) is 6.54. The van der Waals surface area contributed by atoms with Gasteiger partial charge in [0.25, 0.3) is 0 Å². The van der Waals surface area contributed by atoms with Crippen LogP contribution < -0.4 is 0 Å². The minimum Gasteiger partial charge on any atom is -0.299 e. The zero-order valence-electron chi connectivity index (χ0n) is 9.96. The van der Waals surface area contributed by atoms with Gasteiger partial charge in [0.1, 0.15) is 11.6 Å². The fourth-order valence-electron chi connectivity index (χ4n) is 0.492. The molecule has 0 spiro atoms. The molecule has 15 heavy (non-hydrogen) atoms. The normalized spacial score (nSPS) is 8.27. The van der Waals surface area contributed by atoms with E-state index in [9.17, 15) is 9.59 Å². The van der Waals surface area contributed by atoms with Crippen LogP contribution in [0.1, 0.15) is 27.7 Å². The Labute approximate surface area is 117 Å². The molecule has 0 aromatic heterocycles. The summed E-state index contributed by atoms with van der Waals surface area (Å²) in [6.45, 7) is 7.33. The van der Waals surface area contributed by atoms with E-state index in [1.54, 1.807) is 37.4 Å². The van der Waals surface area contributed by atoms with E-state index < -0.39 is 0 Å². The second kappa shape index (κ2) is 17.2. The molecule has 0 amide bonds. The number of hydrogen-bond donors (Lipinski definition) is 0. The maximum absolute atomic E-state index is 10.2. The van der Waals surface area contributed by atoms with Crippen molar-refractivity contribution in [2.24, 2.45) is 0 Å². The molecule has 0 bridgehead atoms. The topological polar surface area (TPSA) is 34.1 Å². The molecule has 0 unspecified atom stereocenters. The number of rotatable bonds is 6. The molecule has 0 aliphatic heterocycles. The molecule has 0 rings (SSSR count). The second-order valence-electron chi connectivity index (χ2n) is 2.68. The van der Waals surface area contributed by atoms with Crippen molar-refractivity contribution in [3.8, 4) is 0 Å². The van der Waals surface area contributed by atoms with E-state index >= 15 is 0 Å². The molecule has 0 saturated carbocycles. The SMILES string of the molecule is CCSCC(C)=O.CCSCC(C)=O.[Ti]. The average Bonchev–Trinajstić information content (AvgIpc) is 2.12. The first kappa shape index (κ1) is 21.1. The number of carbonyl (C=O) groups is 2. The standard InChI is InChI=1S/2C5H10OS.Ti/c2*1-3-7-4-5(2)6;/h2*3-4H2,1-2H3;. The molecule has 0 aliphatic rings. The summed E-state index contributed by atoms with van der Waals surface area (Å²) < 4.78 is 0. The van der Waals surface area contributed by atoms with Crippen LogP contribution in [0.3, 0.4) is 0 Å². The van der Waals surface area contributed by atoms with Crippen molar-refractivity contribution in [2.75, 3.05) is 23.0 Å². The van der Waals surface area contributed by atoms with Crippen LogP contribution in [0.15, 0.2) is 0 Å². The zero-order chi connectivity index (χ0) is 11.4. The predicted molar refractivity (Wildman–Crippen MR) is 67.4 cm³/mol. The number of ketones is 2. The summed E-state index contributed by atoms with van der Waals surface area (Å²) in [6, 6.07) is 0. The van der Waals surface area contributed by atoms with Crippen LogP contribution in [-0.2, 0) is 31.3 Å². The monoisotopic (exact) mass is 284 g/mol. The van der Waals surface area contributed by atoms with E-state index in [1.807, 2.05) is 13.8 Å². The van der Waals surface area contributed by atoms with Crippen molar-refractivity contribution >= 4 is 35.1 Å². The largest absolute Gasteiger partial charge is 0.299 e. The molecule has 0 fully saturated rings. The van der Waals surface area contributed by atoms with Gasteiger partial charge in [-0.05, 0) is 25.4 Å².